The van der Waals surface area contributed by atoms with Crippen molar-refractivity contribution in [3.05, 3.63) is 64.0 Å². The van der Waals surface area contributed by atoms with Gasteiger partial charge in [-0.15, -0.1) is 0 Å². The highest BCUT2D eigenvalue weighted by Gasteiger charge is 2.17. The molecule has 3 aromatic rings. The molecule has 0 atom stereocenters. The first-order chi connectivity index (χ1) is 12.6. The van der Waals surface area contributed by atoms with Crippen molar-refractivity contribution in [2.45, 2.75) is 13.3 Å². The second-order valence-corrected chi connectivity index (χ2v) is 6.03. The van der Waals surface area contributed by atoms with Crippen molar-refractivity contribution in [2.75, 3.05) is 22.5 Å². The summed E-state index contributed by atoms with van der Waals surface area (Å²) in [5.74, 6) is 0. The fourth-order valence-corrected chi connectivity index (χ4v) is 2.71. The molecular weight excluding hydrogens is 354 g/mol. The minimum atomic E-state index is -0.628. The maximum atomic E-state index is 12.4. The number of fused-ring (bicyclic) bond motifs is 1. The van der Waals surface area contributed by atoms with E-state index >= 15 is 0 Å². The number of rotatable bonds is 5. The van der Waals surface area contributed by atoms with Gasteiger partial charge in [0.25, 0.3) is 0 Å². The van der Waals surface area contributed by atoms with Crippen LogP contribution in [-0.2, 0) is 0 Å². The zero-order valence-corrected chi connectivity index (χ0v) is 14.9. The van der Waals surface area contributed by atoms with E-state index in [1.807, 2.05) is 19.1 Å². The van der Waals surface area contributed by atoms with E-state index in [9.17, 15) is 9.59 Å². The molecule has 1 heterocycles. The van der Waals surface area contributed by atoms with E-state index < -0.39 is 11.7 Å². The lowest BCUT2D eigenvalue weighted by Gasteiger charge is -2.14. The summed E-state index contributed by atoms with van der Waals surface area (Å²) in [5, 5.41) is 9.52. The summed E-state index contributed by atoms with van der Waals surface area (Å²) >= 11 is 6.05. The smallest absolute Gasteiger partial charge is 0.362 e. The van der Waals surface area contributed by atoms with E-state index in [0.717, 1.165) is 6.42 Å². The van der Waals surface area contributed by atoms with Gasteiger partial charge < -0.3 is 15.1 Å². The lowest BCUT2D eigenvalue weighted by Crippen LogP contribution is -2.24. The molecule has 3 N–H and O–H groups in total. The van der Waals surface area contributed by atoms with Crippen LogP contribution >= 0.6 is 11.6 Å². The van der Waals surface area contributed by atoms with E-state index in [-0.39, 0.29) is 5.69 Å². The van der Waals surface area contributed by atoms with E-state index in [1.165, 1.54) is 0 Å². The number of anilines is 3. The molecule has 0 spiro atoms. The Hall–Kier alpha value is -2.99. The average molecular weight is 372 g/mol. The van der Waals surface area contributed by atoms with Crippen LogP contribution in [0.1, 0.15) is 13.3 Å². The molecule has 0 fully saturated rings. The molecule has 0 bridgehead atoms. The molecule has 0 radical (unpaired) electrons. The summed E-state index contributed by atoms with van der Waals surface area (Å²) in [6.07, 6.45) is 0.861. The molecule has 2 aromatic carbocycles. The number of para-hydroxylation sites is 2. The quantitative estimate of drug-likeness (QED) is 0.556. The Bertz CT molecular complexity index is 1000. The average Bonchev–Trinajstić information content (AvgIpc) is 2.63. The molecule has 3 rings (SSSR count). The Kier molecular flexibility index (Phi) is 5.43. The first-order valence-corrected chi connectivity index (χ1v) is 8.60. The zero-order chi connectivity index (χ0) is 18.5. The van der Waals surface area contributed by atoms with Crippen LogP contribution < -0.4 is 21.6 Å². The predicted molar refractivity (Wildman–Crippen MR) is 105 cm³/mol. The topological polar surface area (TPSA) is 83.4 Å². The van der Waals surface area contributed by atoms with Gasteiger partial charge >= 0.3 is 11.7 Å². The highest BCUT2D eigenvalue weighted by atomic mass is 35.5. The fraction of sp³-hybridized carbons (Fsp3) is 0.158. The number of nitrogens with one attached hydrogen (secondary N) is 3. The maximum Gasteiger partial charge on any atom is 0.362 e. The second-order valence-electron chi connectivity index (χ2n) is 5.62. The van der Waals surface area contributed by atoms with Gasteiger partial charge in [-0.3, -0.25) is 5.32 Å². The summed E-state index contributed by atoms with van der Waals surface area (Å²) in [6.45, 7) is 2.66. The Labute approximate surface area is 155 Å². The van der Waals surface area contributed by atoms with Crippen molar-refractivity contribution in [1.82, 2.24) is 0 Å². The molecular formula is C19H18ClN3O3. The van der Waals surface area contributed by atoms with Crippen LogP contribution in [0.3, 0.4) is 0 Å². The molecule has 0 aliphatic heterocycles. The second kappa shape index (κ2) is 7.93. The SMILES string of the molecule is CCCNc1c(NC(=O)Nc2ccccc2Cl)c(=O)oc2ccccc12. The van der Waals surface area contributed by atoms with Crippen LogP contribution in [-0.4, -0.2) is 12.6 Å². The van der Waals surface area contributed by atoms with Crippen molar-refractivity contribution in [3.8, 4) is 0 Å². The Morgan fingerprint density at radius 2 is 1.77 bits per heavy atom. The molecule has 0 saturated carbocycles. The van der Waals surface area contributed by atoms with Gasteiger partial charge in [0.15, 0.2) is 5.69 Å². The predicted octanol–water partition coefficient (Wildman–Crippen LogP) is 4.91. The summed E-state index contributed by atoms with van der Waals surface area (Å²) < 4.78 is 5.32. The molecule has 2 amide bonds. The molecule has 0 unspecified atom stereocenters. The van der Waals surface area contributed by atoms with E-state index in [2.05, 4.69) is 16.0 Å². The van der Waals surface area contributed by atoms with Gasteiger partial charge in [-0.2, -0.15) is 0 Å². The minimum absolute atomic E-state index is 0.0571. The summed E-state index contributed by atoms with van der Waals surface area (Å²) in [6, 6.07) is 13.4. The number of urea groups is 1. The molecule has 0 saturated heterocycles. The van der Waals surface area contributed by atoms with Crippen molar-refractivity contribution >= 4 is 45.7 Å². The van der Waals surface area contributed by atoms with Crippen molar-refractivity contribution in [3.63, 3.8) is 0 Å². The molecule has 0 aliphatic carbocycles. The third-order valence-electron chi connectivity index (χ3n) is 3.73. The zero-order valence-electron chi connectivity index (χ0n) is 14.1. The van der Waals surface area contributed by atoms with Gasteiger partial charge in [0.1, 0.15) is 5.58 Å². The van der Waals surface area contributed by atoms with Gasteiger partial charge in [-0.25, -0.2) is 9.59 Å². The summed E-state index contributed by atoms with van der Waals surface area (Å²) in [4.78, 5) is 24.8. The molecule has 1 aromatic heterocycles. The number of halogens is 1. The molecule has 26 heavy (non-hydrogen) atoms. The van der Waals surface area contributed by atoms with Crippen LogP contribution in [0.25, 0.3) is 11.0 Å². The number of hydrogen-bond acceptors (Lipinski definition) is 4. The van der Waals surface area contributed by atoms with Crippen LogP contribution in [0.4, 0.5) is 21.9 Å². The van der Waals surface area contributed by atoms with Crippen LogP contribution in [0, 0.1) is 0 Å². The number of carbonyl (C=O) groups is 1. The summed E-state index contributed by atoms with van der Waals surface area (Å²) in [7, 11) is 0. The number of benzene rings is 2. The van der Waals surface area contributed by atoms with E-state index in [0.29, 0.717) is 33.9 Å². The van der Waals surface area contributed by atoms with E-state index in [1.54, 1.807) is 36.4 Å². The number of carbonyl (C=O) groups excluding carboxylic acids is 1. The third kappa shape index (κ3) is 3.81. The lowest BCUT2D eigenvalue weighted by molar-refractivity contribution is 0.262. The first kappa shape index (κ1) is 17.8. The first-order valence-electron chi connectivity index (χ1n) is 8.22. The van der Waals surface area contributed by atoms with Crippen LogP contribution in [0.15, 0.2) is 57.7 Å². The lowest BCUT2D eigenvalue weighted by atomic mass is 10.2. The van der Waals surface area contributed by atoms with Gasteiger partial charge in [-0.05, 0) is 30.7 Å². The van der Waals surface area contributed by atoms with Crippen molar-refractivity contribution in [2.24, 2.45) is 0 Å². The van der Waals surface area contributed by atoms with Gasteiger partial charge in [0.05, 0.1) is 16.4 Å². The Morgan fingerprint density at radius 3 is 2.54 bits per heavy atom. The van der Waals surface area contributed by atoms with Crippen molar-refractivity contribution < 1.29 is 9.21 Å². The van der Waals surface area contributed by atoms with Gasteiger partial charge in [-0.1, -0.05) is 42.8 Å². The highest BCUT2D eigenvalue weighted by Crippen LogP contribution is 2.29. The van der Waals surface area contributed by atoms with Crippen LogP contribution in [0.2, 0.25) is 5.02 Å². The Balaban J connectivity index is 1.95. The number of amides is 2. The molecule has 134 valence electrons. The third-order valence-corrected chi connectivity index (χ3v) is 4.06. The standard InChI is InChI=1S/C19H18ClN3O3/c1-2-11-21-16-12-7-3-6-10-15(12)26-18(24)17(16)23-19(25)22-14-9-5-4-8-13(14)20/h3-10,21H,2,11H2,1H3,(H2,22,23,25). The monoisotopic (exact) mass is 371 g/mol. The molecule has 0 aliphatic rings. The molecule has 7 heteroatoms. The van der Waals surface area contributed by atoms with Crippen molar-refractivity contribution in [1.29, 1.82) is 0 Å². The highest BCUT2D eigenvalue weighted by molar-refractivity contribution is 6.33. The van der Waals surface area contributed by atoms with E-state index in [4.69, 9.17) is 16.0 Å². The van der Waals surface area contributed by atoms with Gasteiger partial charge in [0, 0.05) is 11.9 Å². The number of hydrogen-bond donors (Lipinski definition) is 3. The van der Waals surface area contributed by atoms with Gasteiger partial charge in [0.2, 0.25) is 0 Å². The maximum absolute atomic E-state index is 12.4. The summed E-state index contributed by atoms with van der Waals surface area (Å²) in [5.41, 5.74) is 0.861. The molecule has 6 nitrogen and oxygen atoms in total. The van der Waals surface area contributed by atoms with Crippen LogP contribution in [0.5, 0.6) is 0 Å². The fourth-order valence-electron chi connectivity index (χ4n) is 2.53. The largest absolute Gasteiger partial charge is 0.421 e. The Morgan fingerprint density at radius 1 is 1.04 bits per heavy atom. The normalized spacial score (nSPS) is 10.5. The minimum Gasteiger partial charge on any atom is -0.421 e.